The molecule has 0 N–H and O–H groups in total. The lowest BCUT2D eigenvalue weighted by Crippen LogP contribution is -2.32. The molecule has 1 amide bonds. The Morgan fingerprint density at radius 2 is 2.16 bits per heavy atom. The minimum atomic E-state index is -0.468. The monoisotopic (exact) mass is 435 g/mol. The third-order valence-electron chi connectivity index (χ3n) is 4.49. The molecule has 10 heteroatoms. The van der Waals surface area contributed by atoms with E-state index in [4.69, 9.17) is 4.42 Å². The molecular weight excluding hydrogens is 418 g/mol. The van der Waals surface area contributed by atoms with Gasteiger partial charge in [-0.1, -0.05) is 30.0 Å². The first kappa shape index (κ1) is 20.5. The Kier molecular flexibility index (Phi) is 6.18. The molecule has 3 heterocycles. The number of nitrogens with zero attached hydrogens (tertiary/aromatic N) is 5. The van der Waals surface area contributed by atoms with Gasteiger partial charge in [-0.25, -0.2) is 0 Å². The summed E-state index contributed by atoms with van der Waals surface area (Å²) >= 11 is 1.28. The molecule has 1 saturated heterocycles. The number of non-ortho nitro benzene ring substituents is 1. The van der Waals surface area contributed by atoms with Gasteiger partial charge in [0.1, 0.15) is 5.76 Å². The number of rotatable bonds is 7. The van der Waals surface area contributed by atoms with Crippen LogP contribution < -0.4 is 0 Å². The molecular formula is C21H17N5O4S. The molecule has 0 saturated carbocycles. The van der Waals surface area contributed by atoms with Gasteiger partial charge in [-0.05, 0) is 30.2 Å². The summed E-state index contributed by atoms with van der Waals surface area (Å²) in [6, 6.07) is 13.5. The number of hydrogen-bond donors (Lipinski definition) is 0. The number of carbonyl (C=O) groups excluding carboxylic acids is 1. The predicted octanol–water partition coefficient (Wildman–Crippen LogP) is 3.66. The lowest BCUT2D eigenvalue weighted by atomic mass is 10.1. The molecule has 4 rings (SSSR count). The minimum Gasteiger partial charge on any atom is -0.467 e. The van der Waals surface area contributed by atoms with Crippen molar-refractivity contribution >= 4 is 34.7 Å². The van der Waals surface area contributed by atoms with Crippen molar-refractivity contribution in [1.29, 1.82) is 0 Å². The van der Waals surface area contributed by atoms with Gasteiger partial charge in [0.15, 0.2) is 5.17 Å². The zero-order valence-corrected chi connectivity index (χ0v) is 17.0. The van der Waals surface area contributed by atoms with Crippen LogP contribution in [0.2, 0.25) is 0 Å². The van der Waals surface area contributed by atoms with E-state index in [0.717, 1.165) is 5.56 Å². The van der Waals surface area contributed by atoms with E-state index in [2.05, 4.69) is 15.2 Å². The number of nitro benzene ring substituents is 1. The molecule has 0 spiro atoms. The van der Waals surface area contributed by atoms with Gasteiger partial charge in [0.25, 0.3) is 5.69 Å². The first-order chi connectivity index (χ1) is 15.1. The van der Waals surface area contributed by atoms with Crippen LogP contribution >= 0.6 is 11.8 Å². The van der Waals surface area contributed by atoms with Gasteiger partial charge < -0.3 is 4.42 Å². The zero-order chi connectivity index (χ0) is 21.6. The highest BCUT2D eigenvalue weighted by molar-refractivity contribution is 8.15. The fourth-order valence-corrected chi connectivity index (χ4v) is 4.16. The molecule has 2 aromatic heterocycles. The topological polar surface area (TPSA) is 114 Å². The summed E-state index contributed by atoms with van der Waals surface area (Å²) in [4.78, 5) is 29.2. The molecule has 0 radical (unpaired) electrons. The third kappa shape index (κ3) is 5.04. The normalized spacial score (nSPS) is 17.7. The van der Waals surface area contributed by atoms with Crippen LogP contribution in [0.4, 0.5) is 5.69 Å². The van der Waals surface area contributed by atoms with E-state index in [0.29, 0.717) is 22.9 Å². The summed E-state index contributed by atoms with van der Waals surface area (Å²) in [7, 11) is 0. The second kappa shape index (κ2) is 9.35. The van der Waals surface area contributed by atoms with Gasteiger partial charge in [-0.2, -0.15) is 5.10 Å². The number of nitro groups is 1. The van der Waals surface area contributed by atoms with E-state index in [1.165, 1.54) is 28.8 Å². The largest absolute Gasteiger partial charge is 0.467 e. The minimum absolute atomic E-state index is 0.00431. The van der Waals surface area contributed by atoms with E-state index in [9.17, 15) is 14.9 Å². The van der Waals surface area contributed by atoms with Crippen molar-refractivity contribution in [3.05, 3.63) is 94.2 Å². The van der Waals surface area contributed by atoms with Crippen molar-refractivity contribution in [2.75, 3.05) is 0 Å². The summed E-state index contributed by atoms with van der Waals surface area (Å²) in [5.41, 5.74) is 1.49. The maximum Gasteiger partial charge on any atom is 0.269 e. The van der Waals surface area contributed by atoms with Crippen LogP contribution in [0, 0.1) is 10.1 Å². The van der Waals surface area contributed by atoms with E-state index in [1.54, 1.807) is 55.2 Å². The number of amides is 1. The lowest BCUT2D eigenvalue weighted by molar-refractivity contribution is -0.384. The van der Waals surface area contributed by atoms with Crippen LogP contribution in [0.25, 0.3) is 0 Å². The number of benzene rings is 1. The van der Waals surface area contributed by atoms with Crippen molar-refractivity contribution in [3.63, 3.8) is 0 Å². The third-order valence-corrected chi connectivity index (χ3v) is 5.66. The summed E-state index contributed by atoms with van der Waals surface area (Å²) < 4.78 is 5.38. The molecule has 9 nitrogen and oxygen atoms in total. The van der Waals surface area contributed by atoms with Crippen molar-refractivity contribution in [3.8, 4) is 0 Å². The summed E-state index contributed by atoms with van der Waals surface area (Å²) in [5, 5.41) is 19.4. The highest BCUT2D eigenvalue weighted by atomic mass is 32.2. The number of thioether (sulfide) groups is 1. The van der Waals surface area contributed by atoms with Gasteiger partial charge in [0.2, 0.25) is 5.91 Å². The van der Waals surface area contributed by atoms with Crippen molar-refractivity contribution in [1.82, 2.24) is 9.88 Å². The van der Waals surface area contributed by atoms with Crippen LogP contribution in [0.5, 0.6) is 0 Å². The molecule has 0 unspecified atom stereocenters. The Balaban J connectivity index is 1.56. The Labute approximate surface area is 181 Å². The van der Waals surface area contributed by atoms with Gasteiger partial charge >= 0.3 is 0 Å². The molecule has 1 aliphatic heterocycles. The van der Waals surface area contributed by atoms with Gasteiger partial charge in [-0.3, -0.25) is 24.8 Å². The molecule has 1 atom stereocenters. The van der Waals surface area contributed by atoms with E-state index in [1.807, 2.05) is 6.07 Å². The number of hydrogen-bond acceptors (Lipinski definition) is 8. The number of amidine groups is 1. The summed E-state index contributed by atoms with van der Waals surface area (Å²) in [6.45, 7) is 0.228. The highest BCUT2D eigenvalue weighted by Gasteiger charge is 2.38. The second-order valence-electron chi connectivity index (χ2n) is 6.65. The fourth-order valence-electron chi connectivity index (χ4n) is 3.03. The first-order valence-electron chi connectivity index (χ1n) is 9.35. The van der Waals surface area contributed by atoms with Crippen LogP contribution in [0.15, 0.2) is 81.8 Å². The SMILES string of the molecule is O=C1[C@@H](Cc2cccc([N+](=O)[O-])c2)S/C(=N/N=C\c2cccnc2)N1Cc1ccco1. The molecule has 1 aliphatic rings. The summed E-state index contributed by atoms with van der Waals surface area (Å²) in [6.07, 6.45) is 6.76. The standard InChI is InChI=1S/C21H17N5O4S/c27-20-19(11-15-4-1-6-17(10-15)26(28)29)31-21(25(20)14-18-7-3-9-30-18)24-23-13-16-5-2-8-22-12-16/h1-10,12-13,19H,11,14H2/b23-13-,24-21+/t19-/m1/s1. The molecule has 156 valence electrons. The Morgan fingerprint density at radius 1 is 1.26 bits per heavy atom. The molecule has 0 aliphatic carbocycles. The van der Waals surface area contributed by atoms with Crippen molar-refractivity contribution in [2.45, 2.75) is 18.2 Å². The van der Waals surface area contributed by atoms with Crippen LogP contribution in [0.1, 0.15) is 16.9 Å². The lowest BCUT2D eigenvalue weighted by Gasteiger charge is -2.14. The van der Waals surface area contributed by atoms with E-state index < -0.39 is 10.2 Å². The van der Waals surface area contributed by atoms with Gasteiger partial charge in [0, 0.05) is 30.1 Å². The maximum atomic E-state index is 13.1. The van der Waals surface area contributed by atoms with E-state index >= 15 is 0 Å². The molecule has 0 bridgehead atoms. The number of pyridine rings is 1. The molecule has 1 aromatic carbocycles. The van der Waals surface area contributed by atoms with Crippen molar-refractivity contribution in [2.24, 2.45) is 10.2 Å². The maximum absolute atomic E-state index is 13.1. The van der Waals surface area contributed by atoms with Crippen LogP contribution in [-0.2, 0) is 17.8 Å². The average molecular weight is 435 g/mol. The highest BCUT2D eigenvalue weighted by Crippen LogP contribution is 2.32. The molecule has 3 aromatic rings. The zero-order valence-electron chi connectivity index (χ0n) is 16.2. The second-order valence-corrected chi connectivity index (χ2v) is 7.82. The quantitative estimate of drug-likeness (QED) is 0.318. The van der Waals surface area contributed by atoms with Gasteiger partial charge in [-0.15, -0.1) is 5.10 Å². The predicted molar refractivity (Wildman–Crippen MR) is 117 cm³/mol. The van der Waals surface area contributed by atoms with E-state index in [-0.39, 0.29) is 18.1 Å². The number of carbonyl (C=O) groups is 1. The fraction of sp³-hybridized carbons (Fsp3) is 0.143. The average Bonchev–Trinajstić information content (AvgIpc) is 3.39. The Morgan fingerprint density at radius 3 is 2.90 bits per heavy atom. The molecule has 1 fully saturated rings. The number of aromatic nitrogens is 1. The van der Waals surface area contributed by atoms with Gasteiger partial charge in [0.05, 0.1) is 29.2 Å². The Bertz CT molecular complexity index is 1130. The summed E-state index contributed by atoms with van der Waals surface area (Å²) in [5.74, 6) is 0.470. The number of furan rings is 1. The smallest absolute Gasteiger partial charge is 0.269 e. The van der Waals surface area contributed by atoms with Crippen molar-refractivity contribution < 1.29 is 14.1 Å². The molecule has 31 heavy (non-hydrogen) atoms. The van der Waals surface area contributed by atoms with Crippen LogP contribution in [0.3, 0.4) is 0 Å². The first-order valence-corrected chi connectivity index (χ1v) is 10.2. The van der Waals surface area contributed by atoms with Crippen LogP contribution in [-0.4, -0.2) is 37.3 Å². The Hall–Kier alpha value is -3.79.